The van der Waals surface area contributed by atoms with E-state index in [1.165, 1.54) is 23.2 Å². The zero-order chi connectivity index (χ0) is 21.1. The third-order valence-corrected chi connectivity index (χ3v) is 5.48. The van der Waals surface area contributed by atoms with E-state index < -0.39 is 16.4 Å². The molecule has 0 radical (unpaired) electrons. The molecule has 0 saturated heterocycles. The zero-order valence-corrected chi connectivity index (χ0v) is 16.6. The fourth-order valence-electron chi connectivity index (χ4n) is 3.95. The molecule has 1 N–H and O–H groups in total. The van der Waals surface area contributed by atoms with Crippen LogP contribution in [-0.2, 0) is 5.54 Å². The lowest BCUT2D eigenvalue weighted by atomic mass is 9.88. The Kier molecular flexibility index (Phi) is 5.30. The number of hydrogen-bond acceptors (Lipinski definition) is 7. The molecule has 30 heavy (non-hydrogen) atoms. The summed E-state index contributed by atoms with van der Waals surface area (Å²) in [7, 11) is 0. The Morgan fingerprint density at radius 1 is 1.27 bits per heavy atom. The first-order valence-electron chi connectivity index (χ1n) is 9.89. The highest BCUT2D eigenvalue weighted by Crippen LogP contribution is 2.35. The third-order valence-electron chi connectivity index (χ3n) is 5.48. The number of rotatable bonds is 5. The van der Waals surface area contributed by atoms with Crippen LogP contribution in [0.25, 0.3) is 5.69 Å². The van der Waals surface area contributed by atoms with E-state index in [1.54, 1.807) is 25.3 Å². The van der Waals surface area contributed by atoms with Gasteiger partial charge in [-0.15, -0.1) is 0 Å². The molecule has 3 aromatic rings. The predicted octanol–water partition coefficient (Wildman–Crippen LogP) is 3.45. The van der Waals surface area contributed by atoms with E-state index >= 15 is 0 Å². The number of aromatic nitrogens is 4. The van der Waals surface area contributed by atoms with Crippen LogP contribution in [0.1, 0.15) is 60.6 Å². The van der Waals surface area contributed by atoms with Crippen molar-refractivity contribution >= 4 is 11.6 Å². The molecule has 4 rings (SSSR count). The second kappa shape index (κ2) is 8.05. The molecule has 156 valence electrons. The lowest BCUT2D eigenvalue weighted by Gasteiger charge is -2.30. The Bertz CT molecular complexity index is 1050. The molecule has 10 heteroatoms. The van der Waals surface area contributed by atoms with Gasteiger partial charge in [0.25, 0.3) is 11.6 Å². The number of aryl methyl sites for hydroxylation is 1. The number of nitrogens with zero attached hydrogens (tertiary/aromatic N) is 5. The molecule has 0 atom stereocenters. The molecule has 0 unspecified atom stereocenters. The summed E-state index contributed by atoms with van der Waals surface area (Å²) in [4.78, 5) is 32.6. The van der Waals surface area contributed by atoms with Crippen LogP contribution in [0, 0.1) is 17.0 Å². The minimum atomic E-state index is -0.747. The van der Waals surface area contributed by atoms with Gasteiger partial charge in [-0.3, -0.25) is 14.9 Å². The molecule has 1 saturated carbocycles. The van der Waals surface area contributed by atoms with Crippen molar-refractivity contribution in [2.75, 3.05) is 0 Å². The summed E-state index contributed by atoms with van der Waals surface area (Å²) >= 11 is 0. The third kappa shape index (κ3) is 3.80. The maximum Gasteiger partial charge on any atom is 0.294 e. The predicted molar refractivity (Wildman–Crippen MR) is 106 cm³/mol. The Labute approximate surface area is 172 Å². The van der Waals surface area contributed by atoms with Crippen molar-refractivity contribution in [3.8, 4) is 5.69 Å². The quantitative estimate of drug-likeness (QED) is 0.387. The van der Waals surface area contributed by atoms with Crippen molar-refractivity contribution in [1.82, 2.24) is 25.0 Å². The largest absolute Gasteiger partial charge is 0.340 e. The molecule has 2 aromatic heterocycles. The van der Waals surface area contributed by atoms with E-state index in [2.05, 4.69) is 20.4 Å². The number of imidazole rings is 1. The highest BCUT2D eigenvalue weighted by Gasteiger charge is 2.39. The second-order valence-corrected chi connectivity index (χ2v) is 7.52. The summed E-state index contributed by atoms with van der Waals surface area (Å²) in [6.07, 6.45) is 9.98. The van der Waals surface area contributed by atoms with Gasteiger partial charge in [0, 0.05) is 30.9 Å². The lowest BCUT2D eigenvalue weighted by molar-refractivity contribution is -0.384. The van der Waals surface area contributed by atoms with E-state index in [0.29, 0.717) is 30.2 Å². The van der Waals surface area contributed by atoms with Gasteiger partial charge in [-0.25, -0.2) is 4.98 Å². The van der Waals surface area contributed by atoms with Crippen LogP contribution in [0.3, 0.4) is 0 Å². The fraction of sp³-hybridized carbons (Fsp3) is 0.400. The monoisotopic (exact) mass is 410 g/mol. The number of nitrogens with one attached hydrogen (secondary N) is 1. The molecule has 1 aliphatic carbocycles. The number of carbonyl (C=O) groups is 1. The topological polar surface area (TPSA) is 129 Å². The maximum atomic E-state index is 13.1. The smallest absolute Gasteiger partial charge is 0.294 e. The average Bonchev–Trinajstić information content (AvgIpc) is 3.36. The molecule has 10 nitrogen and oxygen atoms in total. The van der Waals surface area contributed by atoms with Gasteiger partial charge in [-0.05, 0) is 25.0 Å². The highest BCUT2D eigenvalue weighted by atomic mass is 16.6. The number of amides is 1. The first-order valence-corrected chi connectivity index (χ1v) is 9.89. The van der Waals surface area contributed by atoms with Gasteiger partial charge in [-0.1, -0.05) is 30.8 Å². The molecular weight excluding hydrogens is 388 g/mol. The van der Waals surface area contributed by atoms with Crippen molar-refractivity contribution in [3.63, 3.8) is 0 Å². The van der Waals surface area contributed by atoms with E-state index in [9.17, 15) is 14.9 Å². The first-order chi connectivity index (χ1) is 14.5. The van der Waals surface area contributed by atoms with Crippen molar-refractivity contribution in [3.05, 3.63) is 64.3 Å². The Morgan fingerprint density at radius 3 is 2.63 bits per heavy atom. The number of nitro benzene ring substituents is 1. The van der Waals surface area contributed by atoms with Crippen LogP contribution in [0.15, 0.2) is 41.4 Å². The van der Waals surface area contributed by atoms with Crippen LogP contribution >= 0.6 is 0 Å². The van der Waals surface area contributed by atoms with Gasteiger partial charge in [0.1, 0.15) is 11.2 Å². The van der Waals surface area contributed by atoms with Crippen LogP contribution in [0.4, 0.5) is 5.69 Å². The lowest BCUT2D eigenvalue weighted by Crippen LogP contribution is -2.46. The molecule has 2 heterocycles. The number of benzene rings is 1. The van der Waals surface area contributed by atoms with Crippen molar-refractivity contribution in [2.24, 2.45) is 0 Å². The molecular formula is C20H22N6O4. The van der Waals surface area contributed by atoms with E-state index in [4.69, 9.17) is 4.52 Å². The molecule has 1 fully saturated rings. The normalized spacial score (nSPS) is 16.0. The Balaban J connectivity index is 1.67. The first kappa shape index (κ1) is 19.7. The summed E-state index contributed by atoms with van der Waals surface area (Å²) in [5, 5.41) is 18.8. The molecule has 1 aromatic carbocycles. The zero-order valence-electron chi connectivity index (χ0n) is 16.6. The number of nitro groups is 1. The standard InChI is InChI=1S/C20H22N6O4/c1-14-22-19(24-30-14)20(8-4-2-3-5-9-20)23-18(27)15-6-7-16(17(12-15)26(28)29)25-11-10-21-13-25/h6-7,10-13H,2-5,8-9H2,1H3,(H,23,27). The second-order valence-electron chi connectivity index (χ2n) is 7.52. The summed E-state index contributed by atoms with van der Waals surface area (Å²) in [5.41, 5.74) is -0.379. The van der Waals surface area contributed by atoms with Gasteiger partial charge in [0.15, 0.2) is 5.82 Å². The van der Waals surface area contributed by atoms with Crippen LogP contribution < -0.4 is 5.32 Å². The van der Waals surface area contributed by atoms with E-state index in [1.807, 2.05) is 0 Å². The van der Waals surface area contributed by atoms with Gasteiger partial charge < -0.3 is 14.4 Å². The Hall–Kier alpha value is -3.56. The van der Waals surface area contributed by atoms with Gasteiger partial charge in [-0.2, -0.15) is 4.98 Å². The van der Waals surface area contributed by atoms with E-state index in [0.717, 1.165) is 25.7 Å². The number of hydrogen-bond donors (Lipinski definition) is 1. The molecule has 0 bridgehead atoms. The Morgan fingerprint density at radius 2 is 2.03 bits per heavy atom. The summed E-state index contributed by atoms with van der Waals surface area (Å²) in [6.45, 7) is 1.71. The fourth-order valence-corrected chi connectivity index (χ4v) is 3.95. The highest BCUT2D eigenvalue weighted by molar-refractivity contribution is 5.95. The van der Waals surface area contributed by atoms with Crippen LogP contribution in [-0.4, -0.2) is 30.5 Å². The molecule has 0 aliphatic heterocycles. The number of carbonyl (C=O) groups excluding carboxylic acids is 1. The van der Waals surface area contributed by atoms with Gasteiger partial charge in [0.05, 0.1) is 11.3 Å². The van der Waals surface area contributed by atoms with E-state index in [-0.39, 0.29) is 11.3 Å². The average molecular weight is 410 g/mol. The summed E-state index contributed by atoms with van der Waals surface area (Å²) in [6, 6.07) is 4.41. The molecule has 1 aliphatic rings. The SMILES string of the molecule is Cc1nc(C2(NC(=O)c3ccc(-n4ccnc4)c([N+](=O)[O-])c3)CCCCCC2)no1. The molecule has 1 amide bonds. The minimum absolute atomic E-state index is 0.175. The van der Waals surface area contributed by atoms with Crippen LogP contribution in [0.2, 0.25) is 0 Å². The van der Waals surface area contributed by atoms with Gasteiger partial charge in [0.2, 0.25) is 5.89 Å². The summed E-state index contributed by atoms with van der Waals surface area (Å²) in [5.74, 6) is 0.489. The summed E-state index contributed by atoms with van der Waals surface area (Å²) < 4.78 is 6.70. The van der Waals surface area contributed by atoms with Crippen molar-refractivity contribution < 1.29 is 14.2 Å². The van der Waals surface area contributed by atoms with Crippen molar-refractivity contribution in [1.29, 1.82) is 0 Å². The maximum absolute atomic E-state index is 13.1. The van der Waals surface area contributed by atoms with Crippen LogP contribution in [0.5, 0.6) is 0 Å². The minimum Gasteiger partial charge on any atom is -0.340 e. The molecule has 0 spiro atoms. The van der Waals surface area contributed by atoms with Crippen molar-refractivity contribution in [2.45, 2.75) is 51.0 Å². The van der Waals surface area contributed by atoms with Gasteiger partial charge >= 0.3 is 0 Å².